The first-order valence-electron chi connectivity index (χ1n) is 9.25. The lowest BCUT2D eigenvalue weighted by Gasteiger charge is -2.26. The van der Waals surface area contributed by atoms with E-state index in [2.05, 4.69) is 19.2 Å². The van der Waals surface area contributed by atoms with Gasteiger partial charge in [0, 0.05) is 11.6 Å². The average molecular weight is 363 g/mol. The van der Waals surface area contributed by atoms with Crippen molar-refractivity contribution in [3.63, 3.8) is 0 Å². The van der Waals surface area contributed by atoms with Crippen molar-refractivity contribution in [2.45, 2.75) is 52.0 Å². The topological polar surface area (TPSA) is 84.9 Å². The third kappa shape index (κ3) is 5.64. The molecule has 0 bridgehead atoms. The maximum atomic E-state index is 12.5. The molecular formula is C20H29NO5. The number of carbonyl (C=O) groups is 2. The molecule has 1 aromatic rings. The van der Waals surface area contributed by atoms with E-state index >= 15 is 0 Å². The maximum Gasteiger partial charge on any atom is 0.306 e. The van der Waals surface area contributed by atoms with E-state index in [9.17, 15) is 9.59 Å². The Morgan fingerprint density at radius 2 is 1.88 bits per heavy atom. The summed E-state index contributed by atoms with van der Waals surface area (Å²) in [7, 11) is 1.56. The average Bonchev–Trinajstić information content (AvgIpc) is 2.62. The number of carboxylic acids is 1. The smallest absolute Gasteiger partial charge is 0.306 e. The second-order valence-corrected chi connectivity index (χ2v) is 7.26. The Hall–Kier alpha value is -2.24. The van der Waals surface area contributed by atoms with Crippen LogP contribution in [-0.4, -0.2) is 36.7 Å². The van der Waals surface area contributed by atoms with Crippen LogP contribution in [0, 0.1) is 11.8 Å². The predicted molar refractivity (Wildman–Crippen MR) is 98.8 cm³/mol. The number of carboxylic acid groups (broad SMARTS) is 1. The van der Waals surface area contributed by atoms with Gasteiger partial charge in [-0.05, 0) is 56.2 Å². The van der Waals surface area contributed by atoms with Crippen molar-refractivity contribution in [1.29, 1.82) is 0 Å². The van der Waals surface area contributed by atoms with Crippen LogP contribution in [-0.2, 0) is 4.79 Å². The number of amides is 1. The summed E-state index contributed by atoms with van der Waals surface area (Å²) in [4.78, 5) is 23.5. The highest BCUT2D eigenvalue weighted by Gasteiger charge is 2.27. The second kappa shape index (κ2) is 9.46. The molecule has 0 unspecified atom stereocenters. The third-order valence-electron chi connectivity index (χ3n) is 4.79. The second-order valence-electron chi connectivity index (χ2n) is 7.26. The number of hydrogen-bond acceptors (Lipinski definition) is 4. The van der Waals surface area contributed by atoms with Gasteiger partial charge in [0.05, 0.1) is 19.6 Å². The molecule has 1 aliphatic carbocycles. The molecule has 1 fully saturated rings. The number of benzene rings is 1. The lowest BCUT2D eigenvalue weighted by Crippen LogP contribution is -2.38. The Morgan fingerprint density at radius 1 is 1.19 bits per heavy atom. The van der Waals surface area contributed by atoms with E-state index in [1.165, 1.54) is 0 Å². The van der Waals surface area contributed by atoms with Gasteiger partial charge >= 0.3 is 5.97 Å². The molecule has 144 valence electrons. The standard InChI is InChI=1S/C20H29NO5/c1-13(2)10-11-26-17-9-6-15(12-18(17)25-3)19(22)21-16-7-4-14(5-8-16)20(23)24/h6,9,12-14,16H,4-5,7-8,10-11H2,1-3H3,(H,21,22)(H,23,24). The van der Waals surface area contributed by atoms with E-state index in [1.54, 1.807) is 25.3 Å². The van der Waals surface area contributed by atoms with Gasteiger partial charge in [0.1, 0.15) is 0 Å². The number of rotatable bonds is 8. The summed E-state index contributed by atoms with van der Waals surface area (Å²) in [6.45, 7) is 4.88. The van der Waals surface area contributed by atoms with Gasteiger partial charge in [-0.1, -0.05) is 13.8 Å². The summed E-state index contributed by atoms with van der Waals surface area (Å²) in [6.07, 6.45) is 3.54. The van der Waals surface area contributed by atoms with Crippen molar-refractivity contribution in [3.05, 3.63) is 23.8 Å². The summed E-state index contributed by atoms with van der Waals surface area (Å²) in [5.41, 5.74) is 0.512. The molecule has 1 aliphatic rings. The fourth-order valence-electron chi connectivity index (χ4n) is 3.09. The molecule has 1 saturated carbocycles. The Morgan fingerprint density at radius 3 is 2.46 bits per heavy atom. The first-order valence-corrected chi connectivity index (χ1v) is 9.25. The molecule has 6 nitrogen and oxygen atoms in total. The van der Waals surface area contributed by atoms with Crippen molar-refractivity contribution in [3.8, 4) is 11.5 Å². The van der Waals surface area contributed by atoms with E-state index in [1.807, 2.05) is 0 Å². The minimum Gasteiger partial charge on any atom is -0.493 e. The van der Waals surface area contributed by atoms with Gasteiger partial charge in [-0.15, -0.1) is 0 Å². The van der Waals surface area contributed by atoms with Crippen molar-refractivity contribution < 1.29 is 24.2 Å². The molecule has 0 saturated heterocycles. The first-order chi connectivity index (χ1) is 12.4. The molecule has 0 radical (unpaired) electrons. The third-order valence-corrected chi connectivity index (χ3v) is 4.79. The van der Waals surface area contributed by atoms with Crippen LogP contribution in [0.25, 0.3) is 0 Å². The summed E-state index contributed by atoms with van der Waals surface area (Å²) < 4.78 is 11.1. The van der Waals surface area contributed by atoms with Gasteiger partial charge in [0.15, 0.2) is 11.5 Å². The van der Waals surface area contributed by atoms with Crippen LogP contribution in [0.5, 0.6) is 11.5 Å². The number of methoxy groups -OCH3 is 1. The summed E-state index contributed by atoms with van der Waals surface area (Å²) in [5.74, 6) is 0.527. The Balaban J connectivity index is 1.93. The van der Waals surface area contributed by atoms with E-state index < -0.39 is 5.97 Å². The molecule has 6 heteroatoms. The normalized spacial score (nSPS) is 19.8. The zero-order valence-corrected chi connectivity index (χ0v) is 15.8. The number of ether oxygens (including phenoxy) is 2. The van der Waals surface area contributed by atoms with Crippen LogP contribution in [0.4, 0.5) is 0 Å². The van der Waals surface area contributed by atoms with Gasteiger partial charge in [0.25, 0.3) is 5.91 Å². The van der Waals surface area contributed by atoms with Crippen LogP contribution < -0.4 is 14.8 Å². The maximum absolute atomic E-state index is 12.5. The summed E-state index contributed by atoms with van der Waals surface area (Å²) >= 11 is 0. The van der Waals surface area contributed by atoms with Crippen molar-refractivity contribution in [1.82, 2.24) is 5.32 Å². The van der Waals surface area contributed by atoms with E-state index in [4.69, 9.17) is 14.6 Å². The van der Waals surface area contributed by atoms with Crippen molar-refractivity contribution in [2.75, 3.05) is 13.7 Å². The number of carbonyl (C=O) groups excluding carboxylic acids is 1. The molecular weight excluding hydrogens is 334 g/mol. The fraction of sp³-hybridized carbons (Fsp3) is 0.600. The molecule has 1 amide bonds. The van der Waals surface area contributed by atoms with E-state index in [-0.39, 0.29) is 17.9 Å². The van der Waals surface area contributed by atoms with Crippen LogP contribution in [0.3, 0.4) is 0 Å². The van der Waals surface area contributed by atoms with Crippen LogP contribution in [0.2, 0.25) is 0 Å². The Bertz CT molecular complexity index is 621. The quantitative estimate of drug-likeness (QED) is 0.738. The Kier molecular flexibility index (Phi) is 7.30. The molecule has 1 aromatic carbocycles. The van der Waals surface area contributed by atoms with Crippen molar-refractivity contribution >= 4 is 11.9 Å². The molecule has 0 aromatic heterocycles. The zero-order valence-electron chi connectivity index (χ0n) is 15.8. The summed E-state index contributed by atoms with van der Waals surface area (Å²) in [5, 5.41) is 12.0. The minimum atomic E-state index is -0.743. The monoisotopic (exact) mass is 363 g/mol. The van der Waals surface area contributed by atoms with Gasteiger partial charge in [0.2, 0.25) is 0 Å². The zero-order chi connectivity index (χ0) is 19.1. The Labute approximate surface area is 154 Å². The fourth-order valence-corrected chi connectivity index (χ4v) is 3.09. The van der Waals surface area contributed by atoms with Crippen LogP contribution in [0.15, 0.2) is 18.2 Å². The van der Waals surface area contributed by atoms with Crippen LogP contribution >= 0.6 is 0 Å². The highest BCUT2D eigenvalue weighted by molar-refractivity contribution is 5.95. The van der Waals surface area contributed by atoms with Gasteiger partial charge in [-0.25, -0.2) is 0 Å². The minimum absolute atomic E-state index is 0.0195. The van der Waals surface area contributed by atoms with Crippen molar-refractivity contribution in [2.24, 2.45) is 11.8 Å². The molecule has 26 heavy (non-hydrogen) atoms. The predicted octanol–water partition coefficient (Wildman–Crippen LogP) is 3.49. The lowest BCUT2D eigenvalue weighted by molar-refractivity contribution is -0.142. The summed E-state index contributed by atoms with van der Waals surface area (Å²) in [6, 6.07) is 5.19. The number of aliphatic carboxylic acids is 1. The molecule has 0 atom stereocenters. The molecule has 0 spiro atoms. The van der Waals surface area contributed by atoms with E-state index in [0.717, 1.165) is 6.42 Å². The molecule has 2 N–H and O–H groups in total. The number of nitrogens with one attached hydrogen (secondary N) is 1. The van der Waals surface area contributed by atoms with Gasteiger partial charge in [-0.3, -0.25) is 9.59 Å². The van der Waals surface area contributed by atoms with Crippen LogP contribution in [0.1, 0.15) is 56.3 Å². The lowest BCUT2D eigenvalue weighted by atomic mass is 9.86. The molecule has 2 rings (SSSR count). The molecule has 0 aliphatic heterocycles. The molecule has 0 heterocycles. The highest BCUT2D eigenvalue weighted by atomic mass is 16.5. The van der Waals surface area contributed by atoms with E-state index in [0.29, 0.717) is 55.3 Å². The largest absolute Gasteiger partial charge is 0.493 e. The first kappa shape index (κ1) is 20.1. The van der Waals surface area contributed by atoms with Gasteiger partial charge in [-0.2, -0.15) is 0 Å². The number of hydrogen-bond donors (Lipinski definition) is 2. The van der Waals surface area contributed by atoms with Gasteiger partial charge < -0.3 is 19.9 Å². The highest BCUT2D eigenvalue weighted by Crippen LogP contribution is 2.29. The SMILES string of the molecule is COc1cc(C(=O)NC2CCC(C(=O)O)CC2)ccc1OCCC(C)C.